The van der Waals surface area contributed by atoms with E-state index < -0.39 is 5.25 Å². The molecule has 1 atom stereocenters. The van der Waals surface area contributed by atoms with Gasteiger partial charge in [-0.05, 0) is 42.7 Å². The number of anilines is 1. The number of thioether (sulfide) groups is 1. The first-order valence-electron chi connectivity index (χ1n) is 11.0. The first-order valence-corrected chi connectivity index (χ1v) is 11.9. The van der Waals surface area contributed by atoms with Crippen LogP contribution < -0.4 is 10.1 Å². The number of halogens is 1. The standard InChI is InChI=1S/C26H23FN4O2S/c1-33-20-11-7-10-18(16-20)28-25(32)23(17-8-3-2-4-9-17)34-26-30-29-24(31(26)19-14-15-19)21-12-5-6-13-22(21)27/h2-13,16,19,23H,14-15H2,1H3,(H,28,32)/t23-/m0/s1. The summed E-state index contributed by atoms with van der Waals surface area (Å²) in [6.45, 7) is 0. The minimum absolute atomic E-state index is 0.192. The molecule has 0 radical (unpaired) electrons. The van der Waals surface area contributed by atoms with E-state index in [2.05, 4.69) is 15.5 Å². The van der Waals surface area contributed by atoms with E-state index in [-0.39, 0.29) is 17.8 Å². The van der Waals surface area contributed by atoms with Crippen LogP contribution >= 0.6 is 11.8 Å². The Morgan fingerprint density at radius 3 is 2.56 bits per heavy atom. The molecule has 8 heteroatoms. The van der Waals surface area contributed by atoms with Crippen molar-refractivity contribution in [1.29, 1.82) is 0 Å². The summed E-state index contributed by atoms with van der Waals surface area (Å²) >= 11 is 1.32. The summed E-state index contributed by atoms with van der Waals surface area (Å²) in [6, 6.07) is 23.5. The second-order valence-corrected chi connectivity index (χ2v) is 9.09. The van der Waals surface area contributed by atoms with Crippen LogP contribution in [0, 0.1) is 5.82 Å². The van der Waals surface area contributed by atoms with Gasteiger partial charge in [0.2, 0.25) is 5.91 Å². The fraction of sp³-hybridized carbons (Fsp3) is 0.192. The fourth-order valence-electron chi connectivity index (χ4n) is 3.76. The quantitative estimate of drug-likeness (QED) is 0.322. The lowest BCUT2D eigenvalue weighted by molar-refractivity contribution is -0.115. The molecule has 1 saturated carbocycles. The SMILES string of the molecule is COc1cccc(NC(=O)[C@@H](Sc2nnc(-c3ccccc3F)n2C2CC2)c2ccccc2)c1. The van der Waals surface area contributed by atoms with Gasteiger partial charge in [0, 0.05) is 17.8 Å². The first-order chi connectivity index (χ1) is 16.6. The average molecular weight is 475 g/mol. The summed E-state index contributed by atoms with van der Waals surface area (Å²) < 4.78 is 21.8. The number of carbonyl (C=O) groups is 1. The van der Waals surface area contributed by atoms with Crippen LogP contribution in [-0.2, 0) is 4.79 Å². The van der Waals surface area contributed by atoms with Crippen molar-refractivity contribution in [2.45, 2.75) is 29.3 Å². The Bertz CT molecular complexity index is 1310. The van der Waals surface area contributed by atoms with E-state index in [0.717, 1.165) is 18.4 Å². The van der Waals surface area contributed by atoms with Gasteiger partial charge in [-0.3, -0.25) is 9.36 Å². The van der Waals surface area contributed by atoms with Crippen LogP contribution in [0.4, 0.5) is 10.1 Å². The van der Waals surface area contributed by atoms with Crippen LogP contribution in [0.3, 0.4) is 0 Å². The molecular weight excluding hydrogens is 451 g/mol. The molecule has 1 N–H and O–H groups in total. The monoisotopic (exact) mass is 474 g/mol. The number of methoxy groups -OCH3 is 1. The van der Waals surface area contributed by atoms with Gasteiger partial charge in [0.05, 0.1) is 12.7 Å². The highest BCUT2D eigenvalue weighted by atomic mass is 32.2. The summed E-state index contributed by atoms with van der Waals surface area (Å²) in [4.78, 5) is 13.5. The molecular formula is C26H23FN4O2S. The van der Waals surface area contributed by atoms with Crippen molar-refractivity contribution in [2.24, 2.45) is 0 Å². The third-order valence-electron chi connectivity index (χ3n) is 5.59. The number of carbonyl (C=O) groups excluding carboxylic acids is 1. The summed E-state index contributed by atoms with van der Waals surface area (Å²) in [6.07, 6.45) is 1.94. The third-order valence-corrected chi connectivity index (χ3v) is 6.80. The molecule has 1 fully saturated rings. The second kappa shape index (κ2) is 9.69. The van der Waals surface area contributed by atoms with Gasteiger partial charge in [-0.1, -0.05) is 60.3 Å². The van der Waals surface area contributed by atoms with Gasteiger partial charge < -0.3 is 10.1 Å². The molecule has 5 rings (SSSR count). The van der Waals surface area contributed by atoms with Gasteiger partial charge in [0.15, 0.2) is 11.0 Å². The molecule has 1 aliphatic rings. The summed E-state index contributed by atoms with van der Waals surface area (Å²) in [5, 5.41) is 11.7. The van der Waals surface area contributed by atoms with E-state index in [1.54, 1.807) is 31.4 Å². The Morgan fingerprint density at radius 1 is 1.06 bits per heavy atom. The largest absolute Gasteiger partial charge is 0.497 e. The fourth-order valence-corrected chi connectivity index (χ4v) is 4.87. The average Bonchev–Trinajstić information content (AvgIpc) is 3.62. The third kappa shape index (κ3) is 4.68. The second-order valence-electron chi connectivity index (χ2n) is 8.02. The lowest BCUT2D eigenvalue weighted by atomic mass is 10.1. The normalized spacial score (nSPS) is 13.9. The van der Waals surface area contributed by atoms with Gasteiger partial charge in [-0.25, -0.2) is 4.39 Å². The highest BCUT2D eigenvalue weighted by Crippen LogP contribution is 2.44. The number of aromatic nitrogens is 3. The van der Waals surface area contributed by atoms with Crippen molar-refractivity contribution in [3.05, 3.63) is 90.2 Å². The smallest absolute Gasteiger partial charge is 0.242 e. The van der Waals surface area contributed by atoms with Gasteiger partial charge >= 0.3 is 0 Å². The van der Waals surface area contributed by atoms with Crippen LogP contribution in [0.5, 0.6) is 5.75 Å². The molecule has 0 saturated heterocycles. The molecule has 1 amide bonds. The van der Waals surface area contributed by atoms with Crippen LogP contribution in [-0.4, -0.2) is 27.8 Å². The lowest BCUT2D eigenvalue weighted by Gasteiger charge is -2.18. The number of hydrogen-bond donors (Lipinski definition) is 1. The van der Waals surface area contributed by atoms with Crippen molar-refractivity contribution in [2.75, 3.05) is 12.4 Å². The molecule has 1 heterocycles. The highest BCUT2D eigenvalue weighted by Gasteiger charge is 2.33. The zero-order valence-electron chi connectivity index (χ0n) is 18.5. The molecule has 172 valence electrons. The highest BCUT2D eigenvalue weighted by molar-refractivity contribution is 8.00. The number of ether oxygens (including phenoxy) is 1. The van der Waals surface area contributed by atoms with E-state index in [9.17, 15) is 9.18 Å². The number of nitrogens with zero attached hydrogens (tertiary/aromatic N) is 3. The molecule has 1 aromatic heterocycles. The molecule has 0 aliphatic heterocycles. The zero-order chi connectivity index (χ0) is 23.5. The Balaban J connectivity index is 1.49. The number of nitrogens with one attached hydrogen (secondary N) is 1. The van der Waals surface area contributed by atoms with E-state index in [4.69, 9.17) is 4.74 Å². The maximum absolute atomic E-state index is 14.5. The van der Waals surface area contributed by atoms with Crippen molar-refractivity contribution in [3.8, 4) is 17.1 Å². The van der Waals surface area contributed by atoms with E-state index in [1.807, 2.05) is 53.1 Å². The number of hydrogen-bond acceptors (Lipinski definition) is 5. The van der Waals surface area contributed by atoms with Gasteiger partial charge in [0.25, 0.3) is 0 Å². The molecule has 0 unspecified atom stereocenters. The summed E-state index contributed by atoms with van der Waals surface area (Å²) in [5.74, 6) is 0.610. The molecule has 3 aromatic carbocycles. The van der Waals surface area contributed by atoms with Crippen molar-refractivity contribution in [1.82, 2.24) is 14.8 Å². The predicted octanol–water partition coefficient (Wildman–Crippen LogP) is 5.90. The Hall–Kier alpha value is -3.65. The van der Waals surface area contributed by atoms with Crippen LogP contribution in [0.2, 0.25) is 0 Å². The molecule has 34 heavy (non-hydrogen) atoms. The molecule has 6 nitrogen and oxygen atoms in total. The van der Waals surface area contributed by atoms with Crippen molar-refractivity contribution >= 4 is 23.4 Å². The van der Waals surface area contributed by atoms with Crippen LogP contribution in [0.25, 0.3) is 11.4 Å². The van der Waals surface area contributed by atoms with Crippen molar-refractivity contribution in [3.63, 3.8) is 0 Å². The number of amides is 1. The topological polar surface area (TPSA) is 69.0 Å². The first kappa shape index (κ1) is 22.2. The molecule has 1 aliphatic carbocycles. The van der Waals surface area contributed by atoms with Gasteiger partial charge in [0.1, 0.15) is 16.8 Å². The van der Waals surface area contributed by atoms with E-state index in [1.165, 1.54) is 17.8 Å². The number of rotatable bonds is 8. The Morgan fingerprint density at radius 2 is 1.82 bits per heavy atom. The predicted molar refractivity (Wildman–Crippen MR) is 130 cm³/mol. The maximum atomic E-state index is 14.5. The molecule has 4 aromatic rings. The Kier molecular flexibility index (Phi) is 6.31. The van der Waals surface area contributed by atoms with Crippen molar-refractivity contribution < 1.29 is 13.9 Å². The maximum Gasteiger partial charge on any atom is 0.242 e. The summed E-state index contributed by atoms with van der Waals surface area (Å²) in [7, 11) is 1.58. The van der Waals surface area contributed by atoms with Crippen LogP contribution in [0.15, 0.2) is 84.0 Å². The van der Waals surface area contributed by atoms with Crippen LogP contribution in [0.1, 0.15) is 29.7 Å². The minimum Gasteiger partial charge on any atom is -0.497 e. The van der Waals surface area contributed by atoms with Gasteiger partial charge in [-0.15, -0.1) is 10.2 Å². The minimum atomic E-state index is -0.581. The zero-order valence-corrected chi connectivity index (χ0v) is 19.3. The molecule has 0 spiro atoms. The lowest BCUT2D eigenvalue weighted by Crippen LogP contribution is -2.19. The summed E-state index contributed by atoms with van der Waals surface area (Å²) in [5.41, 5.74) is 1.89. The Labute approximate surface area is 201 Å². The van der Waals surface area contributed by atoms with E-state index >= 15 is 0 Å². The number of benzene rings is 3. The van der Waals surface area contributed by atoms with Gasteiger partial charge in [-0.2, -0.15) is 0 Å². The molecule has 0 bridgehead atoms. The van der Waals surface area contributed by atoms with E-state index in [0.29, 0.717) is 28.0 Å².